The molecule has 0 atom stereocenters. The highest BCUT2D eigenvalue weighted by Crippen LogP contribution is 1.97. The van der Waals surface area contributed by atoms with Gasteiger partial charge in [0.1, 0.15) is 0 Å². The molecule has 0 heterocycles. The van der Waals surface area contributed by atoms with Crippen LogP contribution in [0.1, 0.15) is 46.5 Å². The second kappa shape index (κ2) is 14.4. The van der Waals surface area contributed by atoms with Crippen molar-refractivity contribution in [2.45, 2.75) is 46.5 Å². The van der Waals surface area contributed by atoms with Gasteiger partial charge in [-0.1, -0.05) is 26.7 Å². The van der Waals surface area contributed by atoms with Gasteiger partial charge in [0.15, 0.2) is 0 Å². The Balaban J connectivity index is 0. The van der Waals surface area contributed by atoms with Crippen molar-refractivity contribution >= 4 is 5.97 Å². The molecule has 0 bridgehead atoms. The van der Waals surface area contributed by atoms with Gasteiger partial charge in [-0.05, 0) is 25.9 Å². The van der Waals surface area contributed by atoms with Crippen molar-refractivity contribution in [2.24, 2.45) is 0 Å². The van der Waals surface area contributed by atoms with Crippen molar-refractivity contribution in [1.29, 1.82) is 0 Å². The molecule has 98 valence electrons. The minimum absolute atomic E-state index is 0.299. The van der Waals surface area contributed by atoms with E-state index in [4.69, 9.17) is 15.0 Å². The largest absolute Gasteiger partial charge is 0.481 e. The van der Waals surface area contributed by atoms with Crippen LogP contribution in [0, 0.1) is 0 Å². The van der Waals surface area contributed by atoms with Crippen LogP contribution >= 0.6 is 0 Å². The highest BCUT2D eigenvalue weighted by Gasteiger charge is 2.01. The lowest BCUT2D eigenvalue weighted by Crippen LogP contribution is -2.28. The Morgan fingerprint density at radius 3 is 1.69 bits per heavy atom. The van der Waals surface area contributed by atoms with Crippen molar-refractivity contribution in [3.05, 3.63) is 0 Å². The fraction of sp³-hybridized carbons (Fsp3) is 0.917. The monoisotopic (exact) mass is 233 g/mol. The Bertz CT molecular complexity index is 139. The molecule has 4 heteroatoms. The SMILES string of the molecule is CC(=O)O.CCCCN(CCO)CCCC. The van der Waals surface area contributed by atoms with Crippen molar-refractivity contribution in [1.82, 2.24) is 4.90 Å². The maximum atomic E-state index is 9.00. The summed E-state index contributed by atoms with van der Waals surface area (Å²) in [5.74, 6) is -0.833. The number of carboxylic acids is 1. The van der Waals surface area contributed by atoms with E-state index < -0.39 is 5.97 Å². The minimum atomic E-state index is -0.833. The number of carboxylic acid groups (broad SMARTS) is 1. The van der Waals surface area contributed by atoms with E-state index in [2.05, 4.69) is 18.7 Å². The van der Waals surface area contributed by atoms with Crippen LogP contribution in [-0.2, 0) is 4.79 Å². The molecule has 0 saturated carbocycles. The first-order valence-corrected chi connectivity index (χ1v) is 6.11. The van der Waals surface area contributed by atoms with E-state index in [-0.39, 0.29) is 0 Å². The first-order valence-electron chi connectivity index (χ1n) is 6.11. The second-order valence-electron chi connectivity index (χ2n) is 3.79. The number of hydrogen-bond donors (Lipinski definition) is 2. The number of carbonyl (C=O) groups is 1. The van der Waals surface area contributed by atoms with E-state index in [1.54, 1.807) is 0 Å². The van der Waals surface area contributed by atoms with Gasteiger partial charge in [0.2, 0.25) is 0 Å². The predicted molar refractivity (Wildman–Crippen MR) is 66.7 cm³/mol. The number of hydrogen-bond acceptors (Lipinski definition) is 3. The summed E-state index contributed by atoms with van der Waals surface area (Å²) in [6.07, 6.45) is 5.00. The average Bonchev–Trinajstić information content (AvgIpc) is 2.21. The molecule has 0 aliphatic carbocycles. The summed E-state index contributed by atoms with van der Waals surface area (Å²) in [6.45, 7) is 8.94. The molecule has 0 unspecified atom stereocenters. The maximum absolute atomic E-state index is 9.00. The fourth-order valence-electron chi connectivity index (χ4n) is 1.24. The molecule has 0 amide bonds. The first-order chi connectivity index (χ1) is 7.58. The van der Waals surface area contributed by atoms with Crippen LogP contribution in [0.5, 0.6) is 0 Å². The third kappa shape index (κ3) is 19.0. The molecule has 0 spiro atoms. The molecular formula is C12H27NO3. The molecule has 0 fully saturated rings. The van der Waals surface area contributed by atoms with Gasteiger partial charge in [0.05, 0.1) is 6.61 Å². The summed E-state index contributed by atoms with van der Waals surface area (Å²) in [5, 5.41) is 16.2. The Morgan fingerprint density at radius 1 is 1.06 bits per heavy atom. The Morgan fingerprint density at radius 2 is 1.44 bits per heavy atom. The molecule has 2 N–H and O–H groups in total. The van der Waals surface area contributed by atoms with Gasteiger partial charge >= 0.3 is 0 Å². The average molecular weight is 233 g/mol. The molecule has 0 aliphatic rings. The molecule has 0 aromatic rings. The summed E-state index contributed by atoms with van der Waals surface area (Å²) < 4.78 is 0. The molecule has 0 aliphatic heterocycles. The van der Waals surface area contributed by atoms with Crippen LogP contribution < -0.4 is 0 Å². The van der Waals surface area contributed by atoms with Gasteiger partial charge in [0, 0.05) is 13.5 Å². The van der Waals surface area contributed by atoms with Gasteiger partial charge in [-0.2, -0.15) is 0 Å². The van der Waals surface area contributed by atoms with E-state index in [0.29, 0.717) is 6.61 Å². The molecule has 0 aromatic heterocycles. The molecule has 0 saturated heterocycles. The zero-order valence-corrected chi connectivity index (χ0v) is 10.9. The van der Waals surface area contributed by atoms with Gasteiger partial charge in [0.25, 0.3) is 5.97 Å². The molecule has 0 radical (unpaired) electrons. The van der Waals surface area contributed by atoms with Gasteiger partial charge in [-0.3, -0.25) is 4.79 Å². The number of aliphatic hydroxyl groups excluding tert-OH is 1. The van der Waals surface area contributed by atoms with Gasteiger partial charge in [-0.15, -0.1) is 0 Å². The number of nitrogens with zero attached hydrogens (tertiary/aromatic N) is 1. The molecule has 0 aromatic carbocycles. The van der Waals surface area contributed by atoms with E-state index in [0.717, 1.165) is 26.6 Å². The van der Waals surface area contributed by atoms with Gasteiger partial charge < -0.3 is 15.1 Å². The van der Waals surface area contributed by atoms with E-state index in [1.807, 2.05) is 0 Å². The predicted octanol–water partition coefficient (Wildman–Crippen LogP) is 1.97. The standard InChI is InChI=1S/C10H23NO.C2H4O2/c1-3-5-7-11(9-10-12)8-6-4-2;1-2(3)4/h12H,3-10H2,1-2H3;1H3,(H,3,4). The van der Waals surface area contributed by atoms with Crippen molar-refractivity contribution in [3.8, 4) is 0 Å². The smallest absolute Gasteiger partial charge is 0.300 e. The quantitative estimate of drug-likeness (QED) is 0.673. The van der Waals surface area contributed by atoms with E-state index >= 15 is 0 Å². The Hall–Kier alpha value is -0.610. The van der Waals surface area contributed by atoms with Crippen LogP contribution in [0.2, 0.25) is 0 Å². The topological polar surface area (TPSA) is 60.8 Å². The summed E-state index contributed by atoms with van der Waals surface area (Å²) in [7, 11) is 0. The Kier molecular flexibility index (Phi) is 16.0. The number of unbranched alkanes of at least 4 members (excludes halogenated alkanes) is 2. The maximum Gasteiger partial charge on any atom is 0.300 e. The summed E-state index contributed by atoms with van der Waals surface area (Å²) in [6, 6.07) is 0. The minimum Gasteiger partial charge on any atom is -0.481 e. The lowest BCUT2D eigenvalue weighted by Gasteiger charge is -2.20. The van der Waals surface area contributed by atoms with Crippen molar-refractivity contribution in [2.75, 3.05) is 26.2 Å². The van der Waals surface area contributed by atoms with Crippen LogP contribution in [0.4, 0.5) is 0 Å². The zero-order chi connectivity index (χ0) is 12.8. The molecule has 16 heavy (non-hydrogen) atoms. The van der Waals surface area contributed by atoms with Crippen LogP contribution in [0.3, 0.4) is 0 Å². The highest BCUT2D eigenvalue weighted by molar-refractivity contribution is 5.62. The van der Waals surface area contributed by atoms with Crippen molar-refractivity contribution in [3.63, 3.8) is 0 Å². The number of rotatable bonds is 8. The van der Waals surface area contributed by atoms with Crippen LogP contribution in [0.15, 0.2) is 0 Å². The Labute approximate surface area is 99.3 Å². The lowest BCUT2D eigenvalue weighted by molar-refractivity contribution is -0.134. The zero-order valence-electron chi connectivity index (χ0n) is 10.9. The van der Waals surface area contributed by atoms with Crippen LogP contribution in [0.25, 0.3) is 0 Å². The lowest BCUT2D eigenvalue weighted by atomic mass is 10.2. The van der Waals surface area contributed by atoms with Crippen LogP contribution in [-0.4, -0.2) is 47.3 Å². The third-order valence-electron chi connectivity index (χ3n) is 2.07. The first kappa shape index (κ1) is 17.8. The van der Waals surface area contributed by atoms with Gasteiger partial charge in [-0.25, -0.2) is 0 Å². The van der Waals surface area contributed by atoms with Crippen molar-refractivity contribution < 1.29 is 15.0 Å². The van der Waals surface area contributed by atoms with E-state index in [9.17, 15) is 0 Å². The third-order valence-corrected chi connectivity index (χ3v) is 2.07. The molecular weight excluding hydrogens is 206 g/mol. The molecule has 4 nitrogen and oxygen atoms in total. The number of aliphatic carboxylic acids is 1. The summed E-state index contributed by atoms with van der Waals surface area (Å²) >= 11 is 0. The summed E-state index contributed by atoms with van der Waals surface area (Å²) in [5.41, 5.74) is 0. The number of aliphatic hydroxyl groups is 1. The second-order valence-corrected chi connectivity index (χ2v) is 3.79. The highest BCUT2D eigenvalue weighted by atomic mass is 16.4. The summed E-state index contributed by atoms with van der Waals surface area (Å²) in [4.78, 5) is 11.4. The molecule has 0 rings (SSSR count). The fourth-order valence-corrected chi connectivity index (χ4v) is 1.24. The van der Waals surface area contributed by atoms with E-state index in [1.165, 1.54) is 25.7 Å². The normalized spacial score (nSPS) is 9.81.